The van der Waals surface area contributed by atoms with E-state index < -0.39 is 0 Å². The van der Waals surface area contributed by atoms with Crippen LogP contribution in [0.4, 0.5) is 10.2 Å². The van der Waals surface area contributed by atoms with Gasteiger partial charge in [0.05, 0.1) is 11.3 Å². The highest BCUT2D eigenvalue weighted by atomic mass is 19.1. The van der Waals surface area contributed by atoms with Crippen molar-refractivity contribution < 1.29 is 13.7 Å². The first-order valence-electron chi connectivity index (χ1n) is 12.6. The highest BCUT2D eigenvalue weighted by molar-refractivity contribution is 5.93. The summed E-state index contributed by atoms with van der Waals surface area (Å²) in [5.41, 5.74) is 4.13. The normalized spacial score (nSPS) is 20.4. The van der Waals surface area contributed by atoms with Crippen LogP contribution in [-0.2, 0) is 11.2 Å². The molecule has 0 amide bonds. The maximum atomic E-state index is 15.2. The van der Waals surface area contributed by atoms with Gasteiger partial charge >= 0.3 is 0 Å². The lowest BCUT2D eigenvalue weighted by Gasteiger charge is -2.42. The van der Waals surface area contributed by atoms with E-state index in [1.807, 2.05) is 26.8 Å². The molecular weight excluding hydrogens is 431 g/mol. The van der Waals surface area contributed by atoms with Gasteiger partial charge < -0.3 is 14.2 Å². The molecule has 34 heavy (non-hydrogen) atoms. The molecule has 182 valence electrons. The Bertz CT molecular complexity index is 1170. The smallest absolute Gasteiger partial charge is 0.171 e. The van der Waals surface area contributed by atoms with Gasteiger partial charge in [0.15, 0.2) is 5.76 Å². The second-order valence-corrected chi connectivity index (χ2v) is 9.95. The molecule has 0 saturated carbocycles. The minimum atomic E-state index is -0.259. The average Bonchev–Trinajstić information content (AvgIpc) is 3.26. The van der Waals surface area contributed by atoms with Crippen LogP contribution in [0, 0.1) is 25.6 Å². The van der Waals surface area contributed by atoms with E-state index in [-0.39, 0.29) is 11.9 Å². The minimum absolute atomic E-state index is 0.249. The standard InChI is InChI=1S/C27H35FN4O2/c1-5-20-13-22-19(4)25(24-12-17(2)30-34-24)27(29-26(22)23(28)14-20)32-9-8-31(15-18(32)3)16-21-6-10-33-11-7-21/h12-14,18,21H,5-11,15-16H2,1-4H3/t18-/m1/s1. The van der Waals surface area contributed by atoms with E-state index in [1.165, 1.54) is 0 Å². The minimum Gasteiger partial charge on any atom is -0.381 e. The largest absolute Gasteiger partial charge is 0.381 e. The molecule has 1 atom stereocenters. The number of hydrogen-bond acceptors (Lipinski definition) is 6. The molecule has 2 aromatic heterocycles. The summed E-state index contributed by atoms with van der Waals surface area (Å²) in [5.74, 6) is 1.94. The van der Waals surface area contributed by atoms with Gasteiger partial charge in [0.25, 0.3) is 0 Å². The number of rotatable bonds is 5. The number of piperazine rings is 1. The number of ether oxygens (including phenoxy) is 1. The number of halogens is 1. The number of benzene rings is 1. The van der Waals surface area contributed by atoms with Crippen LogP contribution in [0.25, 0.3) is 22.2 Å². The second kappa shape index (κ2) is 9.62. The Hall–Kier alpha value is -2.51. The molecule has 0 radical (unpaired) electrons. The summed E-state index contributed by atoms with van der Waals surface area (Å²) in [6, 6.07) is 5.88. The Balaban J connectivity index is 1.52. The Labute approximate surface area is 201 Å². The molecule has 0 aliphatic carbocycles. The third-order valence-electron chi connectivity index (χ3n) is 7.47. The van der Waals surface area contributed by atoms with Crippen LogP contribution in [0.1, 0.15) is 43.5 Å². The molecule has 3 aromatic rings. The summed E-state index contributed by atoms with van der Waals surface area (Å²) in [5, 5.41) is 4.98. The quantitative estimate of drug-likeness (QED) is 0.519. The van der Waals surface area contributed by atoms with Gasteiger partial charge in [0.2, 0.25) is 0 Å². The molecule has 7 heteroatoms. The van der Waals surface area contributed by atoms with E-state index in [4.69, 9.17) is 14.2 Å². The predicted octanol–water partition coefficient (Wildman–Crippen LogP) is 5.15. The highest BCUT2D eigenvalue weighted by Gasteiger charge is 2.31. The molecular formula is C27H35FN4O2. The summed E-state index contributed by atoms with van der Waals surface area (Å²) in [4.78, 5) is 9.83. The zero-order valence-corrected chi connectivity index (χ0v) is 20.7. The Morgan fingerprint density at radius 1 is 1.12 bits per heavy atom. The molecule has 4 heterocycles. The van der Waals surface area contributed by atoms with Crippen molar-refractivity contribution in [3.05, 3.63) is 40.8 Å². The topological polar surface area (TPSA) is 54.6 Å². The lowest BCUT2D eigenvalue weighted by Crippen LogP contribution is -2.53. The van der Waals surface area contributed by atoms with Crippen molar-refractivity contribution in [1.29, 1.82) is 0 Å². The van der Waals surface area contributed by atoms with Gasteiger partial charge in [-0.3, -0.25) is 4.90 Å². The number of anilines is 1. The molecule has 2 aliphatic rings. The zero-order valence-electron chi connectivity index (χ0n) is 20.7. The van der Waals surface area contributed by atoms with Gasteiger partial charge in [0.1, 0.15) is 17.2 Å². The van der Waals surface area contributed by atoms with Crippen LogP contribution in [0.5, 0.6) is 0 Å². The Kier molecular flexibility index (Phi) is 6.58. The lowest BCUT2D eigenvalue weighted by atomic mass is 9.97. The Morgan fingerprint density at radius 2 is 1.91 bits per heavy atom. The number of fused-ring (bicyclic) bond motifs is 1. The first kappa shape index (κ1) is 23.2. The van der Waals surface area contributed by atoms with Gasteiger partial charge in [-0.15, -0.1) is 0 Å². The van der Waals surface area contributed by atoms with Crippen molar-refractivity contribution in [2.75, 3.05) is 44.3 Å². The van der Waals surface area contributed by atoms with Crippen molar-refractivity contribution in [2.45, 2.75) is 53.0 Å². The van der Waals surface area contributed by atoms with Crippen LogP contribution >= 0.6 is 0 Å². The van der Waals surface area contributed by atoms with Gasteiger partial charge in [-0.05, 0) is 69.2 Å². The van der Waals surface area contributed by atoms with Crippen molar-refractivity contribution in [3.8, 4) is 11.3 Å². The summed E-state index contributed by atoms with van der Waals surface area (Å²) < 4.78 is 26.4. The number of nitrogens with zero attached hydrogens (tertiary/aromatic N) is 4. The monoisotopic (exact) mass is 466 g/mol. The van der Waals surface area contributed by atoms with Crippen LogP contribution in [0.2, 0.25) is 0 Å². The van der Waals surface area contributed by atoms with E-state index in [2.05, 4.69) is 27.9 Å². The second-order valence-electron chi connectivity index (χ2n) is 9.95. The molecule has 0 N–H and O–H groups in total. The van der Waals surface area contributed by atoms with Crippen LogP contribution in [-0.4, -0.2) is 60.5 Å². The first-order chi connectivity index (χ1) is 16.4. The van der Waals surface area contributed by atoms with Crippen molar-refractivity contribution >= 4 is 16.7 Å². The molecule has 5 rings (SSSR count). The lowest BCUT2D eigenvalue weighted by molar-refractivity contribution is 0.0500. The number of hydrogen-bond donors (Lipinski definition) is 0. The van der Waals surface area contributed by atoms with Gasteiger partial charge in [-0.25, -0.2) is 9.37 Å². The SMILES string of the molecule is CCc1cc(F)c2nc(N3CCN(CC4CCOCC4)C[C@H]3C)c(-c3cc(C)no3)c(C)c2c1. The third kappa shape index (κ3) is 4.43. The number of pyridine rings is 1. The maximum absolute atomic E-state index is 15.2. The molecule has 0 spiro atoms. The van der Waals surface area contributed by atoms with Crippen LogP contribution < -0.4 is 4.90 Å². The summed E-state index contributed by atoms with van der Waals surface area (Å²) >= 11 is 0. The summed E-state index contributed by atoms with van der Waals surface area (Å²) in [6.45, 7) is 13.9. The van der Waals surface area contributed by atoms with E-state index in [0.717, 1.165) is 92.2 Å². The third-order valence-corrected chi connectivity index (χ3v) is 7.47. The molecule has 2 saturated heterocycles. The summed E-state index contributed by atoms with van der Waals surface area (Å²) in [6.07, 6.45) is 3.07. The van der Waals surface area contributed by atoms with E-state index >= 15 is 4.39 Å². The molecule has 6 nitrogen and oxygen atoms in total. The highest BCUT2D eigenvalue weighted by Crippen LogP contribution is 2.39. The zero-order chi connectivity index (χ0) is 23.8. The molecule has 2 fully saturated rings. The van der Waals surface area contributed by atoms with Crippen molar-refractivity contribution in [2.24, 2.45) is 5.92 Å². The summed E-state index contributed by atoms with van der Waals surface area (Å²) in [7, 11) is 0. The van der Waals surface area contributed by atoms with Gasteiger partial charge in [-0.1, -0.05) is 12.1 Å². The first-order valence-corrected chi connectivity index (χ1v) is 12.6. The molecule has 0 bridgehead atoms. The fourth-order valence-corrected chi connectivity index (χ4v) is 5.51. The number of aryl methyl sites for hydroxylation is 3. The van der Waals surface area contributed by atoms with Crippen LogP contribution in [0.15, 0.2) is 22.7 Å². The van der Waals surface area contributed by atoms with E-state index in [1.54, 1.807) is 6.07 Å². The fraction of sp³-hybridized carbons (Fsp3) is 0.556. The fourth-order valence-electron chi connectivity index (χ4n) is 5.51. The maximum Gasteiger partial charge on any atom is 0.171 e. The molecule has 0 unspecified atom stereocenters. The molecule has 1 aromatic carbocycles. The van der Waals surface area contributed by atoms with E-state index in [9.17, 15) is 0 Å². The molecule has 2 aliphatic heterocycles. The predicted molar refractivity (Wildman–Crippen MR) is 133 cm³/mol. The number of aromatic nitrogens is 2. The van der Waals surface area contributed by atoms with E-state index in [0.29, 0.717) is 17.2 Å². The van der Waals surface area contributed by atoms with Crippen molar-refractivity contribution in [3.63, 3.8) is 0 Å². The van der Waals surface area contributed by atoms with Gasteiger partial charge in [0, 0.05) is 56.9 Å². The van der Waals surface area contributed by atoms with Gasteiger partial charge in [-0.2, -0.15) is 0 Å². The van der Waals surface area contributed by atoms with Crippen LogP contribution in [0.3, 0.4) is 0 Å². The average molecular weight is 467 g/mol. The Morgan fingerprint density at radius 3 is 2.59 bits per heavy atom. The van der Waals surface area contributed by atoms with Crippen molar-refractivity contribution in [1.82, 2.24) is 15.0 Å².